The van der Waals surface area contributed by atoms with Gasteiger partial charge in [0.05, 0.1) is 0 Å². The molecular formula is C16H18BrNS. The van der Waals surface area contributed by atoms with E-state index in [1.807, 2.05) is 11.3 Å². The lowest BCUT2D eigenvalue weighted by atomic mass is 9.95. The summed E-state index contributed by atoms with van der Waals surface area (Å²) < 4.78 is 1.34. The number of thiophene rings is 1. The summed E-state index contributed by atoms with van der Waals surface area (Å²) in [6, 6.07) is 10.9. The van der Waals surface area contributed by atoms with Crippen molar-refractivity contribution in [1.82, 2.24) is 4.90 Å². The molecular weight excluding hydrogens is 318 g/mol. The molecule has 1 aliphatic heterocycles. The molecule has 0 bridgehead atoms. The minimum Gasteiger partial charge on any atom is -0.305 e. The summed E-state index contributed by atoms with van der Waals surface area (Å²) >= 11 is 5.74. The van der Waals surface area contributed by atoms with Crippen molar-refractivity contribution in [3.05, 3.63) is 55.7 Å². The second kappa shape index (κ2) is 5.39. The molecule has 3 rings (SSSR count). The average molecular weight is 336 g/mol. The number of nitrogens with zero attached hydrogens (tertiary/aromatic N) is 1. The summed E-state index contributed by atoms with van der Waals surface area (Å²) in [4.78, 5) is 5.42. The maximum atomic E-state index is 3.78. The van der Waals surface area contributed by atoms with Crippen LogP contribution in [0, 0.1) is 6.92 Å². The van der Waals surface area contributed by atoms with Crippen molar-refractivity contribution in [3.63, 3.8) is 0 Å². The number of hydrogen-bond donors (Lipinski definition) is 0. The molecule has 0 spiro atoms. The molecule has 2 heterocycles. The number of aryl methyl sites for hydroxylation is 1. The number of rotatable bonds is 1. The van der Waals surface area contributed by atoms with Crippen LogP contribution in [0.5, 0.6) is 0 Å². The van der Waals surface area contributed by atoms with E-state index in [4.69, 9.17) is 0 Å². The van der Waals surface area contributed by atoms with E-state index in [0.717, 1.165) is 19.5 Å². The van der Waals surface area contributed by atoms with E-state index in [2.05, 4.69) is 65.1 Å². The Hall–Kier alpha value is -0.640. The van der Waals surface area contributed by atoms with Gasteiger partial charge in [0.25, 0.3) is 0 Å². The van der Waals surface area contributed by atoms with Gasteiger partial charge in [-0.3, -0.25) is 0 Å². The number of hydrogen-bond acceptors (Lipinski definition) is 2. The van der Waals surface area contributed by atoms with E-state index in [0.29, 0.717) is 5.92 Å². The first-order valence-corrected chi connectivity index (χ1v) is 8.29. The first-order chi connectivity index (χ1) is 9.16. The van der Waals surface area contributed by atoms with Crippen LogP contribution in [0.15, 0.2) is 34.8 Å². The van der Waals surface area contributed by atoms with Gasteiger partial charge in [-0.1, -0.05) is 30.3 Å². The molecule has 1 aliphatic rings. The van der Waals surface area contributed by atoms with Crippen molar-refractivity contribution in [2.24, 2.45) is 0 Å². The highest BCUT2D eigenvalue weighted by Crippen LogP contribution is 2.41. The highest BCUT2D eigenvalue weighted by atomic mass is 79.9. The first kappa shape index (κ1) is 13.3. The number of fused-ring (bicyclic) bond motifs is 1. The summed E-state index contributed by atoms with van der Waals surface area (Å²) in [6.45, 7) is 4.48. The lowest BCUT2D eigenvalue weighted by Crippen LogP contribution is -2.24. The Labute approximate surface area is 127 Å². The van der Waals surface area contributed by atoms with Gasteiger partial charge in [0, 0.05) is 33.2 Å². The van der Waals surface area contributed by atoms with Gasteiger partial charge in [-0.25, -0.2) is 0 Å². The van der Waals surface area contributed by atoms with Crippen molar-refractivity contribution in [2.75, 3.05) is 20.1 Å². The summed E-state index contributed by atoms with van der Waals surface area (Å²) in [6.07, 6.45) is 1.15. The fourth-order valence-corrected chi connectivity index (χ4v) is 4.85. The van der Waals surface area contributed by atoms with Crippen LogP contribution in [0.3, 0.4) is 0 Å². The lowest BCUT2D eigenvalue weighted by Gasteiger charge is -2.20. The highest BCUT2D eigenvalue weighted by Gasteiger charge is 2.27. The minimum atomic E-state index is 0.513. The second-order valence-corrected chi connectivity index (χ2v) is 7.34. The van der Waals surface area contributed by atoms with Gasteiger partial charge >= 0.3 is 0 Å². The smallest absolute Gasteiger partial charge is 0.0347 e. The molecule has 2 aromatic rings. The molecule has 1 unspecified atom stereocenters. The zero-order chi connectivity index (χ0) is 13.4. The Balaban J connectivity index is 2.10. The van der Waals surface area contributed by atoms with E-state index >= 15 is 0 Å². The number of halogens is 1. The maximum absolute atomic E-state index is 3.78. The molecule has 100 valence electrons. The summed E-state index contributed by atoms with van der Waals surface area (Å²) in [5.41, 5.74) is 2.96. The van der Waals surface area contributed by atoms with Crippen LogP contribution in [0.1, 0.15) is 26.8 Å². The normalized spacial score (nSPS) is 20.1. The fraction of sp³-hybridized carbons (Fsp3) is 0.375. The molecule has 0 fully saturated rings. The van der Waals surface area contributed by atoms with Crippen LogP contribution in [0.2, 0.25) is 0 Å². The Kier molecular flexibility index (Phi) is 3.79. The Bertz CT molecular complexity index is 576. The molecule has 1 atom stereocenters. The third kappa shape index (κ3) is 2.51. The second-order valence-electron chi connectivity index (χ2n) is 5.29. The van der Waals surface area contributed by atoms with Crippen molar-refractivity contribution in [2.45, 2.75) is 19.3 Å². The van der Waals surface area contributed by atoms with E-state index in [9.17, 15) is 0 Å². The molecule has 1 aromatic carbocycles. The molecule has 1 aromatic heterocycles. The fourth-order valence-electron chi connectivity index (χ4n) is 2.84. The van der Waals surface area contributed by atoms with Crippen molar-refractivity contribution >= 4 is 27.3 Å². The standard InChI is InChI=1S/C16H18BrNS/c1-11-15(17)13-8-9-18(2)10-14(16(13)19-11)12-6-4-3-5-7-12/h3-7,14H,8-10H2,1-2H3. The van der Waals surface area contributed by atoms with E-state index in [1.165, 1.54) is 20.5 Å². The summed E-state index contributed by atoms with van der Waals surface area (Å²) in [7, 11) is 2.23. The van der Waals surface area contributed by atoms with Crippen LogP contribution in [0.4, 0.5) is 0 Å². The topological polar surface area (TPSA) is 3.24 Å². The summed E-state index contributed by atoms with van der Waals surface area (Å²) in [5, 5.41) is 0. The molecule has 0 saturated carbocycles. The molecule has 0 saturated heterocycles. The maximum Gasteiger partial charge on any atom is 0.0347 e. The third-order valence-corrected chi connectivity index (χ3v) is 6.49. The molecule has 3 heteroatoms. The van der Waals surface area contributed by atoms with Crippen LogP contribution in [0.25, 0.3) is 0 Å². The van der Waals surface area contributed by atoms with Gasteiger partial charge in [0.2, 0.25) is 0 Å². The molecule has 0 radical (unpaired) electrons. The molecule has 0 amide bonds. The quantitative estimate of drug-likeness (QED) is 0.744. The van der Waals surface area contributed by atoms with E-state index in [1.54, 1.807) is 4.88 Å². The Morgan fingerprint density at radius 1 is 1.26 bits per heavy atom. The van der Waals surface area contributed by atoms with E-state index < -0.39 is 0 Å². The Morgan fingerprint density at radius 3 is 2.74 bits per heavy atom. The summed E-state index contributed by atoms with van der Waals surface area (Å²) in [5.74, 6) is 0.513. The first-order valence-electron chi connectivity index (χ1n) is 6.68. The zero-order valence-corrected chi connectivity index (χ0v) is 13.7. The van der Waals surface area contributed by atoms with Crippen molar-refractivity contribution < 1.29 is 0 Å². The van der Waals surface area contributed by atoms with Gasteiger partial charge in [0.1, 0.15) is 0 Å². The van der Waals surface area contributed by atoms with E-state index in [-0.39, 0.29) is 0 Å². The van der Waals surface area contributed by atoms with Crippen molar-refractivity contribution in [1.29, 1.82) is 0 Å². The monoisotopic (exact) mass is 335 g/mol. The Morgan fingerprint density at radius 2 is 2.00 bits per heavy atom. The van der Waals surface area contributed by atoms with Gasteiger partial charge in [-0.2, -0.15) is 0 Å². The third-order valence-electron chi connectivity index (χ3n) is 3.89. The number of likely N-dealkylation sites (N-methyl/N-ethyl adjacent to an activating group) is 1. The molecule has 0 aliphatic carbocycles. The van der Waals surface area contributed by atoms with Gasteiger partial charge < -0.3 is 4.90 Å². The lowest BCUT2D eigenvalue weighted by molar-refractivity contribution is 0.338. The largest absolute Gasteiger partial charge is 0.305 e. The van der Waals surface area contributed by atoms with Crippen LogP contribution < -0.4 is 0 Å². The minimum absolute atomic E-state index is 0.513. The molecule has 0 N–H and O–H groups in total. The van der Waals surface area contributed by atoms with Crippen molar-refractivity contribution in [3.8, 4) is 0 Å². The molecule has 19 heavy (non-hydrogen) atoms. The van der Waals surface area contributed by atoms with Crippen LogP contribution in [-0.2, 0) is 6.42 Å². The predicted octanol–water partition coefficient (Wildman–Crippen LogP) is 4.44. The van der Waals surface area contributed by atoms with Crippen LogP contribution >= 0.6 is 27.3 Å². The molecule has 1 nitrogen and oxygen atoms in total. The SMILES string of the molecule is Cc1sc2c(c1Br)CCN(C)CC2c1ccccc1. The number of benzene rings is 1. The average Bonchev–Trinajstić information content (AvgIpc) is 2.60. The van der Waals surface area contributed by atoms with Gasteiger partial charge in [-0.15, -0.1) is 11.3 Å². The zero-order valence-electron chi connectivity index (χ0n) is 11.3. The van der Waals surface area contributed by atoms with Gasteiger partial charge in [-0.05, 0) is 47.4 Å². The van der Waals surface area contributed by atoms with Crippen LogP contribution in [-0.4, -0.2) is 25.0 Å². The van der Waals surface area contributed by atoms with Gasteiger partial charge in [0.15, 0.2) is 0 Å². The predicted molar refractivity (Wildman–Crippen MR) is 86.2 cm³/mol. The highest BCUT2D eigenvalue weighted by molar-refractivity contribution is 9.10.